The first kappa shape index (κ1) is 24.3. The van der Waals surface area contributed by atoms with Crippen molar-refractivity contribution in [1.29, 1.82) is 0 Å². The second-order valence-electron chi connectivity index (χ2n) is 10.8. The van der Waals surface area contributed by atoms with E-state index in [2.05, 4.69) is 115 Å². The summed E-state index contributed by atoms with van der Waals surface area (Å²) in [6.07, 6.45) is 1.97. The van der Waals surface area contributed by atoms with Crippen LogP contribution < -0.4 is 0 Å². The molecule has 0 aliphatic heterocycles. The zero-order valence-electron chi connectivity index (χ0n) is 23.0. The highest BCUT2D eigenvalue weighted by molar-refractivity contribution is 6.15. The first-order chi connectivity index (χ1) is 20.8. The lowest BCUT2D eigenvalue weighted by Gasteiger charge is -2.12. The van der Waals surface area contributed by atoms with Gasteiger partial charge in [0, 0.05) is 22.6 Å². The molecule has 1 heterocycles. The van der Waals surface area contributed by atoms with E-state index in [1.807, 2.05) is 36.5 Å². The first-order valence-electron chi connectivity index (χ1n) is 14.3. The molecule has 2 nitrogen and oxygen atoms in total. The van der Waals surface area contributed by atoms with Gasteiger partial charge in [0.15, 0.2) is 0 Å². The summed E-state index contributed by atoms with van der Waals surface area (Å²) in [7, 11) is 0. The van der Waals surface area contributed by atoms with Crippen molar-refractivity contribution in [2.45, 2.75) is 6.54 Å². The molecule has 0 saturated heterocycles. The van der Waals surface area contributed by atoms with Crippen molar-refractivity contribution in [3.8, 4) is 22.3 Å². The number of hydrogen-bond donors (Lipinski definition) is 0. The van der Waals surface area contributed by atoms with Crippen LogP contribution in [0.25, 0.3) is 65.7 Å². The topological polar surface area (TPSA) is 25.5 Å². The fraction of sp³-hybridized carbons (Fsp3) is 0.0250. The zero-order valence-corrected chi connectivity index (χ0v) is 23.0. The zero-order chi connectivity index (χ0) is 27.9. The first-order valence-corrected chi connectivity index (χ1v) is 14.3. The largest absolute Gasteiger partial charge is 0.456 e. The van der Waals surface area contributed by atoms with Gasteiger partial charge in [-0.15, -0.1) is 0 Å². The Morgan fingerprint density at radius 2 is 1.24 bits per heavy atom. The van der Waals surface area contributed by atoms with Crippen LogP contribution in [0.15, 0.2) is 155 Å². The Balaban J connectivity index is 1.23. The molecule has 2 heteroatoms. The van der Waals surface area contributed by atoms with Crippen molar-refractivity contribution < 1.29 is 4.42 Å². The maximum atomic E-state index is 6.27. The number of aliphatic imine (C=N–C) groups is 1. The highest BCUT2D eigenvalue weighted by atomic mass is 16.3. The predicted octanol–water partition coefficient (Wildman–Crippen LogP) is 10.8. The van der Waals surface area contributed by atoms with E-state index in [9.17, 15) is 0 Å². The van der Waals surface area contributed by atoms with Crippen molar-refractivity contribution in [2.75, 3.05) is 0 Å². The molecule has 0 bridgehead atoms. The Kier molecular flexibility index (Phi) is 5.89. The Hall–Kier alpha value is -5.47. The molecule has 0 aliphatic rings. The van der Waals surface area contributed by atoms with Crippen molar-refractivity contribution in [1.82, 2.24) is 0 Å². The summed E-state index contributed by atoms with van der Waals surface area (Å²) < 4.78 is 6.27. The van der Waals surface area contributed by atoms with Crippen LogP contribution in [-0.2, 0) is 6.54 Å². The van der Waals surface area contributed by atoms with Gasteiger partial charge in [-0.2, -0.15) is 0 Å². The molecule has 42 heavy (non-hydrogen) atoms. The lowest BCUT2D eigenvalue weighted by Crippen LogP contribution is -1.87. The van der Waals surface area contributed by atoms with Crippen molar-refractivity contribution >= 4 is 49.7 Å². The quantitative estimate of drug-likeness (QED) is 0.158. The van der Waals surface area contributed by atoms with Gasteiger partial charge in [0.1, 0.15) is 11.2 Å². The van der Waals surface area contributed by atoms with Crippen LogP contribution in [0, 0.1) is 0 Å². The van der Waals surface area contributed by atoms with E-state index in [1.165, 1.54) is 43.8 Å². The number of hydrogen-bond acceptors (Lipinski definition) is 2. The third-order valence-electron chi connectivity index (χ3n) is 8.15. The van der Waals surface area contributed by atoms with Crippen LogP contribution in [0.5, 0.6) is 0 Å². The molecule has 1 aromatic heterocycles. The molecule has 0 radical (unpaired) electrons. The van der Waals surface area contributed by atoms with Crippen molar-refractivity contribution in [3.05, 3.63) is 157 Å². The van der Waals surface area contributed by atoms with Gasteiger partial charge in [0.05, 0.1) is 6.54 Å². The highest BCUT2D eigenvalue weighted by Gasteiger charge is 2.13. The average molecular weight is 538 g/mol. The lowest BCUT2D eigenvalue weighted by atomic mass is 9.91. The minimum atomic E-state index is 0.647. The number of benzene rings is 7. The minimum Gasteiger partial charge on any atom is -0.456 e. The molecule has 0 saturated carbocycles. The second kappa shape index (κ2) is 10.2. The van der Waals surface area contributed by atoms with Crippen LogP contribution in [0.4, 0.5) is 0 Å². The molecule has 0 amide bonds. The van der Waals surface area contributed by atoms with Gasteiger partial charge >= 0.3 is 0 Å². The van der Waals surface area contributed by atoms with E-state index in [-0.39, 0.29) is 0 Å². The SMILES string of the molecule is C(=NCc1ccccc1)c1cccc2oc3ccc(-c4cccc(-c5cc6ccccc6c6ccccc56)c4)cc3c12. The lowest BCUT2D eigenvalue weighted by molar-refractivity contribution is 0.669. The maximum Gasteiger partial charge on any atom is 0.136 e. The molecule has 8 rings (SSSR count). The van der Waals surface area contributed by atoms with E-state index in [0.29, 0.717) is 6.54 Å². The van der Waals surface area contributed by atoms with Crippen LogP contribution in [0.1, 0.15) is 11.1 Å². The predicted molar refractivity (Wildman–Crippen MR) is 177 cm³/mol. The molecular weight excluding hydrogens is 510 g/mol. The molecule has 7 aromatic carbocycles. The van der Waals surface area contributed by atoms with Gasteiger partial charge < -0.3 is 4.42 Å². The van der Waals surface area contributed by atoms with E-state index in [4.69, 9.17) is 9.41 Å². The summed E-state index contributed by atoms with van der Waals surface area (Å²) in [6.45, 7) is 0.647. The molecule has 198 valence electrons. The van der Waals surface area contributed by atoms with Crippen LogP contribution >= 0.6 is 0 Å². The Morgan fingerprint density at radius 1 is 0.500 bits per heavy atom. The minimum absolute atomic E-state index is 0.647. The van der Waals surface area contributed by atoms with Gasteiger partial charge in [-0.3, -0.25) is 4.99 Å². The number of fused-ring (bicyclic) bond motifs is 6. The van der Waals surface area contributed by atoms with Gasteiger partial charge in [0.25, 0.3) is 0 Å². The summed E-state index contributed by atoms with van der Waals surface area (Å²) in [4.78, 5) is 4.75. The standard InChI is InChI=1S/C40H27NO/c1-2-10-27(11-3-1)25-41-26-32-15-9-19-39-40(32)37-23-29(20-21-38(37)42-39)28-13-8-14-30(22-28)36-24-31-12-4-5-16-33(31)34-17-6-7-18-35(34)36/h1-24,26H,25H2. The van der Waals surface area contributed by atoms with Crippen molar-refractivity contribution in [3.63, 3.8) is 0 Å². The third-order valence-corrected chi connectivity index (χ3v) is 8.15. The normalized spacial score (nSPS) is 11.8. The molecular formula is C40H27NO. The smallest absolute Gasteiger partial charge is 0.136 e. The summed E-state index contributed by atoms with van der Waals surface area (Å²) in [5, 5.41) is 7.29. The Labute approximate surface area is 244 Å². The van der Waals surface area contributed by atoms with Gasteiger partial charge in [-0.1, -0.05) is 115 Å². The van der Waals surface area contributed by atoms with E-state index in [0.717, 1.165) is 33.1 Å². The highest BCUT2D eigenvalue weighted by Crippen LogP contribution is 2.38. The molecule has 0 spiro atoms. The van der Waals surface area contributed by atoms with Gasteiger partial charge in [-0.05, 0) is 79.7 Å². The molecule has 0 fully saturated rings. The summed E-state index contributed by atoms with van der Waals surface area (Å²) in [6, 6.07) is 51.6. The van der Waals surface area contributed by atoms with E-state index < -0.39 is 0 Å². The summed E-state index contributed by atoms with van der Waals surface area (Å²) in [5.41, 5.74) is 8.81. The fourth-order valence-corrected chi connectivity index (χ4v) is 6.13. The number of rotatable bonds is 5. The summed E-state index contributed by atoms with van der Waals surface area (Å²) in [5.74, 6) is 0. The molecule has 8 aromatic rings. The van der Waals surface area contributed by atoms with Crippen LogP contribution in [0.2, 0.25) is 0 Å². The molecule has 0 atom stereocenters. The average Bonchev–Trinajstić information content (AvgIpc) is 3.44. The molecule has 0 N–H and O–H groups in total. The Bertz CT molecular complexity index is 2270. The van der Waals surface area contributed by atoms with Crippen molar-refractivity contribution in [2.24, 2.45) is 4.99 Å². The molecule has 0 aliphatic carbocycles. The summed E-state index contributed by atoms with van der Waals surface area (Å²) >= 11 is 0. The molecule has 0 unspecified atom stereocenters. The van der Waals surface area contributed by atoms with E-state index in [1.54, 1.807) is 0 Å². The van der Waals surface area contributed by atoms with Crippen LogP contribution in [0.3, 0.4) is 0 Å². The van der Waals surface area contributed by atoms with Gasteiger partial charge in [-0.25, -0.2) is 0 Å². The Morgan fingerprint density at radius 3 is 2.14 bits per heavy atom. The fourth-order valence-electron chi connectivity index (χ4n) is 6.13. The van der Waals surface area contributed by atoms with Gasteiger partial charge in [0.2, 0.25) is 0 Å². The maximum absolute atomic E-state index is 6.27. The monoisotopic (exact) mass is 537 g/mol. The number of furan rings is 1. The second-order valence-corrected chi connectivity index (χ2v) is 10.8. The van der Waals surface area contributed by atoms with E-state index >= 15 is 0 Å². The third kappa shape index (κ3) is 4.25. The number of nitrogens with zero attached hydrogens (tertiary/aromatic N) is 1. The van der Waals surface area contributed by atoms with Crippen LogP contribution in [-0.4, -0.2) is 6.21 Å².